The standard InChI is InChI=1S/C4H6O6.5H2O.3O.7Pb.3H/c5-1(3(7)8)2(6)4(9)10;;;;;;;;;;;;;;;;;;/h1-6H;5*1H2;;;;;;;;;;;;;/q-4;;;;;;;;;;;;4*+1;;;. The number of rotatable bonds is 9. The summed E-state index contributed by atoms with van der Waals surface area (Å²) >= 11 is -4.15. The fourth-order valence-corrected chi connectivity index (χ4v) is 56.5. The van der Waals surface area contributed by atoms with Crippen molar-refractivity contribution in [3.63, 3.8) is 0 Å². The van der Waals surface area contributed by atoms with Crippen molar-refractivity contribution in [1.29, 1.82) is 0 Å². The molecule has 1 rings (SSSR count). The van der Waals surface area contributed by atoms with Crippen molar-refractivity contribution in [2.24, 2.45) is 0 Å². The normalized spacial score (nSPS) is 17.4. The van der Waals surface area contributed by atoms with Gasteiger partial charge in [-0.3, -0.25) is 0 Å². The van der Waals surface area contributed by atoms with Gasteiger partial charge in [0.2, 0.25) is 0 Å². The molecule has 25 heavy (non-hydrogen) atoms. The number of hydrogen-bond acceptors (Lipinski definition) is 9. The van der Waals surface area contributed by atoms with Crippen LogP contribution in [0.1, 0.15) is 0 Å². The summed E-state index contributed by atoms with van der Waals surface area (Å²) in [5, 5.41) is 20.0. The van der Waals surface area contributed by atoms with E-state index in [4.69, 9.17) is 12.7 Å². The first-order valence-electron chi connectivity index (χ1n) is 4.60. The van der Waals surface area contributed by atoms with E-state index in [0.717, 1.165) is 0 Å². The Morgan fingerprint density at radius 2 is 1.28 bits per heavy atom. The predicted molar refractivity (Wildman–Crippen MR) is 89.7 cm³/mol. The van der Waals surface area contributed by atoms with E-state index in [2.05, 4.69) is 0 Å². The average molecular weight is 1740 g/mol. The maximum absolute atomic E-state index is 10.1. The average Bonchev–Trinajstić information content (AvgIpc) is 2.39. The van der Waals surface area contributed by atoms with Gasteiger partial charge in [-0.15, -0.1) is 0 Å². The van der Waals surface area contributed by atoms with Gasteiger partial charge in [-0.25, -0.2) is 0 Å². The van der Waals surface area contributed by atoms with Crippen molar-refractivity contribution < 1.29 is 50.3 Å². The Hall–Kier alpha value is 5.89. The molecule has 1 aliphatic heterocycles. The molecule has 1 heterocycles. The molecule has 15 radical (unpaired) electrons. The van der Waals surface area contributed by atoms with Crippen LogP contribution < -0.4 is 0 Å². The van der Waals surface area contributed by atoms with Gasteiger partial charge in [0.15, 0.2) is 0 Å². The Morgan fingerprint density at radius 1 is 0.880 bits per heavy atom. The van der Waals surface area contributed by atoms with Crippen molar-refractivity contribution in [3.8, 4) is 0 Å². The molecule has 0 saturated carbocycles. The molecule has 0 spiro atoms. The molecular weight excluding hydrogens is 1720 g/mol. The van der Waals surface area contributed by atoms with Crippen molar-refractivity contribution in [1.82, 2.24) is 0 Å². The SMILES string of the molecule is O.O.O.O.O.OC(C([O][Pb])[O][PbH])C(O)C([O][Pb])[O][Pb]1([O][Pb])[O][PbH][O]1.[PbH]. The van der Waals surface area contributed by atoms with Gasteiger partial charge in [-0.05, 0) is 0 Å². The summed E-state index contributed by atoms with van der Waals surface area (Å²) in [6, 6.07) is 0. The van der Waals surface area contributed by atoms with Crippen LogP contribution in [0.3, 0.4) is 0 Å². The monoisotopic (exact) mass is 1750 g/mol. The number of aliphatic hydroxyl groups is 2. The summed E-state index contributed by atoms with van der Waals surface area (Å²) in [5.74, 6) is 0. The second kappa shape index (κ2) is 24.5. The Kier molecular flexibility index (Phi) is 43.7. The minimum atomic E-state index is -3.95. The van der Waals surface area contributed by atoms with E-state index in [0.29, 0.717) is 78.7 Å². The third-order valence-electron chi connectivity index (χ3n) is 2.04. The first kappa shape index (κ1) is 44.6. The van der Waals surface area contributed by atoms with Gasteiger partial charge >= 0.3 is 228 Å². The van der Waals surface area contributed by atoms with Crippen LogP contribution in [0.15, 0.2) is 0 Å². The molecule has 1 fully saturated rings. The minimum absolute atomic E-state index is 0. The molecule has 1 aliphatic rings. The van der Waals surface area contributed by atoms with Crippen LogP contribution >= 0.6 is 0 Å². The summed E-state index contributed by atoms with van der Waals surface area (Å²) in [5.41, 5.74) is 0. The van der Waals surface area contributed by atoms with Crippen LogP contribution in [-0.2, 0) is 12.7 Å². The van der Waals surface area contributed by atoms with Gasteiger partial charge in [-0.1, -0.05) is 0 Å². The van der Waals surface area contributed by atoms with E-state index in [-0.39, 0.29) is 80.9 Å². The molecule has 1 saturated heterocycles. The van der Waals surface area contributed by atoms with Gasteiger partial charge < -0.3 is 27.4 Å². The molecule has 0 aliphatic carbocycles. The Labute approximate surface area is 249 Å². The predicted octanol–water partition coefficient (Wildman–Crippen LogP) is -9.51. The van der Waals surface area contributed by atoms with Gasteiger partial charge in [0.05, 0.1) is 0 Å². The number of hydrogen-bond donors (Lipinski definition) is 2. The van der Waals surface area contributed by atoms with Crippen molar-refractivity contribution in [3.05, 3.63) is 0 Å². The zero-order chi connectivity index (χ0) is 14.5. The zero-order valence-electron chi connectivity index (χ0n) is 12.3. The van der Waals surface area contributed by atoms with Crippen LogP contribution in [0.5, 0.6) is 0 Å². The Balaban J connectivity index is -0.000000150. The molecule has 14 nitrogen and oxygen atoms in total. The van der Waals surface area contributed by atoms with E-state index >= 15 is 0 Å². The van der Waals surface area contributed by atoms with E-state index in [9.17, 15) is 10.2 Å². The molecule has 4 atom stereocenters. The second-order valence-electron chi connectivity index (χ2n) is 3.14. The second-order valence-corrected chi connectivity index (χ2v) is 37.3. The summed E-state index contributed by atoms with van der Waals surface area (Å²) in [7, 11) is 0. The van der Waals surface area contributed by atoms with E-state index in [1.165, 1.54) is 0 Å². The molecule has 0 aromatic rings. The van der Waals surface area contributed by atoms with E-state index < -0.39 is 72.9 Å². The van der Waals surface area contributed by atoms with Crippen LogP contribution in [0.2, 0.25) is 0 Å². The Bertz CT molecular complexity index is 264. The molecule has 147 valence electrons. The van der Waals surface area contributed by atoms with Crippen molar-refractivity contribution in [2.75, 3.05) is 0 Å². The van der Waals surface area contributed by atoms with Gasteiger partial charge in [-0.2, -0.15) is 0 Å². The molecule has 0 amide bonds. The van der Waals surface area contributed by atoms with Gasteiger partial charge in [0.25, 0.3) is 0 Å². The van der Waals surface area contributed by atoms with E-state index in [1.54, 1.807) is 0 Å². The quantitative estimate of drug-likeness (QED) is 0.164. The summed E-state index contributed by atoms with van der Waals surface area (Å²) in [6.07, 6.45) is -4.42. The van der Waals surface area contributed by atoms with E-state index in [1.807, 2.05) is 0 Å². The number of aliphatic hydroxyl groups excluding tert-OH is 2. The fraction of sp³-hybridized carbons (Fsp3) is 1.00. The summed E-state index contributed by atoms with van der Waals surface area (Å²) in [4.78, 5) is 0. The first-order valence-corrected chi connectivity index (χ1v) is 21.2. The van der Waals surface area contributed by atoms with Crippen LogP contribution in [0, 0.1) is 0 Å². The summed E-state index contributed by atoms with van der Waals surface area (Å²) < 4.78 is 37.0. The third-order valence-corrected chi connectivity index (χ3v) is 45.7. The molecular formula is C4H19O14Pb7. The van der Waals surface area contributed by atoms with Crippen LogP contribution in [0.25, 0.3) is 0 Å². The third kappa shape index (κ3) is 14.6. The Morgan fingerprint density at radius 3 is 1.52 bits per heavy atom. The van der Waals surface area contributed by atoms with Gasteiger partial charge in [0, 0.05) is 0 Å². The fourth-order valence-electron chi connectivity index (χ4n) is 1.06. The molecule has 12 N–H and O–H groups in total. The molecule has 0 aromatic heterocycles. The first-order chi connectivity index (χ1) is 9.03. The molecule has 0 aromatic carbocycles. The molecule has 4 unspecified atom stereocenters. The summed E-state index contributed by atoms with van der Waals surface area (Å²) in [6.45, 7) is 0. The van der Waals surface area contributed by atoms with Crippen LogP contribution in [-0.4, -0.2) is 243 Å². The zero-order valence-corrected chi connectivity index (χ0v) is 41.3. The molecule has 21 heteroatoms. The van der Waals surface area contributed by atoms with Gasteiger partial charge in [0.1, 0.15) is 0 Å². The topological polar surface area (TPSA) is 263 Å². The van der Waals surface area contributed by atoms with Crippen molar-refractivity contribution in [2.45, 2.75) is 24.8 Å². The van der Waals surface area contributed by atoms with Crippen LogP contribution in [0.4, 0.5) is 0 Å². The van der Waals surface area contributed by atoms with Crippen molar-refractivity contribution >= 4 is 180 Å². The maximum atomic E-state index is 10.1. The molecule has 0 bridgehead atoms.